The van der Waals surface area contributed by atoms with E-state index in [0.29, 0.717) is 5.16 Å². The summed E-state index contributed by atoms with van der Waals surface area (Å²) in [6.45, 7) is 0. The maximum atomic E-state index is 12.7. The van der Waals surface area contributed by atoms with E-state index in [1.54, 1.807) is 17.8 Å². The van der Waals surface area contributed by atoms with Crippen molar-refractivity contribution in [1.82, 2.24) is 19.5 Å². The molecule has 0 unspecified atom stereocenters. The fraction of sp³-hybridized carbons (Fsp3) is 0.133. The van der Waals surface area contributed by atoms with Gasteiger partial charge >= 0.3 is 6.18 Å². The van der Waals surface area contributed by atoms with Gasteiger partial charge in [0.1, 0.15) is 5.69 Å². The lowest BCUT2D eigenvalue weighted by Gasteiger charge is -2.07. The second-order valence-corrected chi connectivity index (χ2v) is 5.61. The first-order valence-electron chi connectivity index (χ1n) is 6.60. The molecule has 3 rings (SSSR count). The second kappa shape index (κ2) is 6.04. The molecule has 3 aromatic rings. The highest BCUT2D eigenvalue weighted by atomic mass is 32.2. The largest absolute Gasteiger partial charge is 0.433 e. The predicted molar refractivity (Wildman–Crippen MR) is 79.8 cm³/mol. The Morgan fingerprint density at radius 2 is 1.78 bits per heavy atom. The van der Waals surface area contributed by atoms with Crippen LogP contribution in [-0.2, 0) is 13.2 Å². The first-order valence-corrected chi connectivity index (χ1v) is 7.42. The fourth-order valence-electron chi connectivity index (χ4n) is 1.99. The van der Waals surface area contributed by atoms with Crippen LogP contribution in [0, 0.1) is 0 Å². The van der Waals surface area contributed by atoms with E-state index in [9.17, 15) is 13.2 Å². The van der Waals surface area contributed by atoms with Gasteiger partial charge in [-0.05, 0) is 23.4 Å². The molecule has 0 amide bonds. The zero-order valence-electron chi connectivity index (χ0n) is 11.9. The number of hydrogen-bond acceptors (Lipinski definition) is 4. The molecule has 118 valence electrons. The van der Waals surface area contributed by atoms with E-state index in [-0.39, 0.29) is 5.16 Å². The van der Waals surface area contributed by atoms with E-state index in [1.807, 2.05) is 30.3 Å². The zero-order chi connectivity index (χ0) is 16.4. The SMILES string of the molecule is Cn1c(-c2ccccc2)cnc1Sc1nccc(C(F)(F)F)n1. The summed E-state index contributed by atoms with van der Waals surface area (Å²) in [6.07, 6.45) is -1.72. The average molecular weight is 336 g/mol. The monoisotopic (exact) mass is 336 g/mol. The molecule has 23 heavy (non-hydrogen) atoms. The van der Waals surface area contributed by atoms with Gasteiger partial charge in [-0.25, -0.2) is 15.0 Å². The van der Waals surface area contributed by atoms with Gasteiger partial charge in [0, 0.05) is 13.2 Å². The highest BCUT2D eigenvalue weighted by Crippen LogP contribution is 2.31. The van der Waals surface area contributed by atoms with E-state index in [0.717, 1.165) is 35.3 Å². The molecule has 0 aliphatic heterocycles. The van der Waals surface area contributed by atoms with Gasteiger partial charge in [0.15, 0.2) is 10.3 Å². The van der Waals surface area contributed by atoms with Crippen LogP contribution in [0.4, 0.5) is 13.2 Å². The lowest BCUT2D eigenvalue weighted by molar-refractivity contribution is -0.141. The molecule has 0 spiro atoms. The molecule has 0 atom stereocenters. The molecular weight excluding hydrogens is 325 g/mol. The van der Waals surface area contributed by atoms with Gasteiger partial charge in [0.05, 0.1) is 11.9 Å². The molecular formula is C15H11F3N4S. The smallest absolute Gasteiger partial charge is 0.322 e. The Hall–Kier alpha value is -2.35. The molecule has 0 radical (unpaired) electrons. The third-order valence-corrected chi connectivity index (χ3v) is 4.06. The van der Waals surface area contributed by atoms with Crippen molar-refractivity contribution in [2.75, 3.05) is 0 Å². The molecule has 2 aromatic heterocycles. The summed E-state index contributed by atoms with van der Waals surface area (Å²) in [5.74, 6) is 0. The van der Waals surface area contributed by atoms with Gasteiger partial charge in [-0.15, -0.1) is 0 Å². The maximum Gasteiger partial charge on any atom is 0.433 e. The molecule has 0 fully saturated rings. The third-order valence-electron chi connectivity index (χ3n) is 3.12. The van der Waals surface area contributed by atoms with Crippen molar-refractivity contribution in [3.8, 4) is 11.3 Å². The summed E-state index contributed by atoms with van der Waals surface area (Å²) < 4.78 is 39.9. The van der Waals surface area contributed by atoms with E-state index in [2.05, 4.69) is 15.0 Å². The van der Waals surface area contributed by atoms with Crippen LogP contribution in [0.15, 0.2) is 59.1 Å². The van der Waals surface area contributed by atoms with Crippen LogP contribution >= 0.6 is 11.8 Å². The highest BCUT2D eigenvalue weighted by Gasteiger charge is 2.32. The van der Waals surface area contributed by atoms with Crippen molar-refractivity contribution in [3.63, 3.8) is 0 Å². The molecule has 0 bridgehead atoms. The van der Waals surface area contributed by atoms with Crippen molar-refractivity contribution in [3.05, 3.63) is 54.5 Å². The number of halogens is 3. The van der Waals surface area contributed by atoms with E-state index in [4.69, 9.17) is 0 Å². The Bertz CT molecular complexity index is 815. The van der Waals surface area contributed by atoms with Crippen LogP contribution in [0.25, 0.3) is 11.3 Å². The van der Waals surface area contributed by atoms with E-state index < -0.39 is 11.9 Å². The van der Waals surface area contributed by atoms with E-state index >= 15 is 0 Å². The van der Waals surface area contributed by atoms with Gasteiger partial charge in [0.25, 0.3) is 0 Å². The maximum absolute atomic E-state index is 12.7. The molecule has 4 nitrogen and oxygen atoms in total. The van der Waals surface area contributed by atoms with Crippen LogP contribution in [0.1, 0.15) is 5.69 Å². The molecule has 2 heterocycles. The lowest BCUT2D eigenvalue weighted by Crippen LogP contribution is -2.08. The fourth-order valence-corrected chi connectivity index (χ4v) is 2.76. The van der Waals surface area contributed by atoms with Crippen LogP contribution in [0.5, 0.6) is 0 Å². The van der Waals surface area contributed by atoms with Crippen LogP contribution in [0.3, 0.4) is 0 Å². The Labute approximate surface area is 134 Å². The number of hydrogen-bond donors (Lipinski definition) is 0. The minimum absolute atomic E-state index is 0.00753. The van der Waals surface area contributed by atoms with Crippen molar-refractivity contribution >= 4 is 11.8 Å². The summed E-state index contributed by atoms with van der Waals surface area (Å²) in [5.41, 5.74) is 0.867. The minimum Gasteiger partial charge on any atom is -0.322 e. The molecule has 0 saturated heterocycles. The van der Waals surface area contributed by atoms with Gasteiger partial charge in [-0.3, -0.25) is 0 Å². The van der Waals surface area contributed by atoms with Gasteiger partial charge in [-0.1, -0.05) is 30.3 Å². The number of benzene rings is 1. The number of imidazole rings is 1. The summed E-state index contributed by atoms with van der Waals surface area (Å²) >= 11 is 0.990. The first kappa shape index (κ1) is 15.5. The van der Waals surface area contributed by atoms with Crippen molar-refractivity contribution < 1.29 is 13.2 Å². The number of nitrogens with zero attached hydrogens (tertiary/aromatic N) is 4. The van der Waals surface area contributed by atoms with Gasteiger partial charge < -0.3 is 4.57 Å². The van der Waals surface area contributed by atoms with Crippen molar-refractivity contribution in [1.29, 1.82) is 0 Å². The highest BCUT2D eigenvalue weighted by molar-refractivity contribution is 7.99. The number of rotatable bonds is 3. The van der Waals surface area contributed by atoms with Crippen LogP contribution < -0.4 is 0 Å². The van der Waals surface area contributed by atoms with E-state index in [1.165, 1.54) is 0 Å². The number of aromatic nitrogens is 4. The topological polar surface area (TPSA) is 43.6 Å². The van der Waals surface area contributed by atoms with Crippen LogP contribution in [0.2, 0.25) is 0 Å². The quantitative estimate of drug-likeness (QED) is 0.677. The Kier molecular flexibility index (Phi) is 4.08. The summed E-state index contributed by atoms with van der Waals surface area (Å²) in [7, 11) is 1.80. The zero-order valence-corrected chi connectivity index (χ0v) is 12.8. The number of alkyl halides is 3. The molecule has 0 N–H and O–H groups in total. The van der Waals surface area contributed by atoms with Gasteiger partial charge in [-0.2, -0.15) is 13.2 Å². The average Bonchev–Trinajstić information content (AvgIpc) is 2.89. The summed E-state index contributed by atoms with van der Waals surface area (Å²) in [6, 6.07) is 10.4. The van der Waals surface area contributed by atoms with Crippen molar-refractivity contribution in [2.24, 2.45) is 7.05 Å². The Balaban J connectivity index is 1.89. The molecule has 0 saturated carbocycles. The summed E-state index contributed by atoms with van der Waals surface area (Å²) in [5, 5.41) is 0.524. The standard InChI is InChI=1S/C15H11F3N4S/c1-22-11(10-5-3-2-4-6-10)9-20-14(22)23-13-19-8-7-12(21-13)15(16,17)18/h2-9H,1H3. The molecule has 0 aliphatic carbocycles. The lowest BCUT2D eigenvalue weighted by atomic mass is 10.2. The van der Waals surface area contributed by atoms with Crippen molar-refractivity contribution in [2.45, 2.75) is 16.5 Å². The Morgan fingerprint density at radius 1 is 1.04 bits per heavy atom. The summed E-state index contributed by atoms with van der Waals surface area (Å²) in [4.78, 5) is 11.6. The first-order chi connectivity index (χ1) is 10.9. The molecule has 0 aliphatic rings. The second-order valence-electron chi connectivity index (χ2n) is 4.68. The third kappa shape index (κ3) is 3.37. The van der Waals surface area contributed by atoms with Gasteiger partial charge in [0.2, 0.25) is 0 Å². The Morgan fingerprint density at radius 3 is 2.48 bits per heavy atom. The normalized spacial score (nSPS) is 11.7. The van der Waals surface area contributed by atoms with Crippen LogP contribution in [-0.4, -0.2) is 19.5 Å². The molecule has 1 aromatic carbocycles. The molecule has 8 heteroatoms. The minimum atomic E-state index is -4.49. The predicted octanol–water partition coefficient (Wildman–Crippen LogP) is 4.05.